The van der Waals surface area contributed by atoms with Crippen LogP contribution in [-0.4, -0.2) is 10.8 Å². The van der Waals surface area contributed by atoms with Gasteiger partial charge in [-0.3, -0.25) is 14.9 Å². The van der Waals surface area contributed by atoms with Crippen molar-refractivity contribution < 1.29 is 22.9 Å². The van der Waals surface area contributed by atoms with E-state index in [0.717, 1.165) is 12.1 Å². The van der Waals surface area contributed by atoms with Crippen molar-refractivity contribution >= 4 is 11.6 Å². The van der Waals surface area contributed by atoms with Crippen LogP contribution in [0.5, 0.6) is 0 Å². The lowest BCUT2D eigenvalue weighted by atomic mass is 9.94. The summed E-state index contributed by atoms with van der Waals surface area (Å²) in [5, 5.41) is 10.4. The molecule has 1 atom stereocenters. The van der Waals surface area contributed by atoms with Crippen LogP contribution in [0.15, 0.2) is 18.2 Å². The van der Waals surface area contributed by atoms with Crippen LogP contribution in [0.3, 0.4) is 0 Å². The van der Waals surface area contributed by atoms with Crippen molar-refractivity contribution in [2.24, 2.45) is 5.73 Å². The third-order valence-electron chi connectivity index (χ3n) is 2.45. The highest BCUT2D eigenvalue weighted by molar-refractivity contribution is 5.82. The summed E-state index contributed by atoms with van der Waals surface area (Å²) in [5.41, 5.74) is 2.65. The monoisotopic (exact) mass is 262 g/mol. The predicted octanol–water partition coefficient (Wildman–Crippen LogP) is 2.20. The van der Waals surface area contributed by atoms with Crippen LogP contribution in [0.25, 0.3) is 0 Å². The highest BCUT2D eigenvalue weighted by Gasteiger charge is 2.36. The number of hydrogen-bond donors (Lipinski definition) is 1. The van der Waals surface area contributed by atoms with Crippen molar-refractivity contribution in [2.45, 2.75) is 19.0 Å². The Kier molecular flexibility index (Phi) is 3.59. The number of carbonyl (C=O) groups is 1. The molecule has 0 heterocycles. The van der Waals surface area contributed by atoms with E-state index in [0.29, 0.717) is 6.07 Å². The fraction of sp³-hybridized carbons (Fsp3) is 0.300. The fourth-order valence-electron chi connectivity index (χ4n) is 1.43. The number of nitro groups is 1. The van der Waals surface area contributed by atoms with Crippen molar-refractivity contribution in [3.05, 3.63) is 39.4 Å². The third-order valence-corrected chi connectivity index (χ3v) is 2.45. The van der Waals surface area contributed by atoms with Crippen molar-refractivity contribution in [3.8, 4) is 0 Å². The Morgan fingerprint density at radius 2 is 2.00 bits per heavy atom. The summed E-state index contributed by atoms with van der Waals surface area (Å²) in [7, 11) is 0. The Morgan fingerprint density at radius 1 is 1.44 bits per heavy atom. The quantitative estimate of drug-likeness (QED) is 0.669. The number of non-ortho nitro benzene ring substituents is 1. The van der Waals surface area contributed by atoms with Gasteiger partial charge in [0.1, 0.15) is 0 Å². The summed E-state index contributed by atoms with van der Waals surface area (Å²) in [6.07, 6.45) is -4.79. The maximum absolute atomic E-state index is 12.7. The van der Waals surface area contributed by atoms with Crippen LogP contribution in [0.1, 0.15) is 24.0 Å². The number of carbonyl (C=O) groups excluding carboxylic acids is 1. The predicted molar refractivity (Wildman–Crippen MR) is 55.7 cm³/mol. The average molecular weight is 262 g/mol. The molecular formula is C10H9F3N2O3. The minimum absolute atomic E-state index is 0.374. The molecule has 0 aliphatic carbocycles. The first-order valence-corrected chi connectivity index (χ1v) is 4.79. The minimum Gasteiger partial charge on any atom is -0.369 e. The molecule has 0 aliphatic rings. The minimum atomic E-state index is -4.79. The summed E-state index contributed by atoms with van der Waals surface area (Å²) in [5.74, 6) is -2.11. The van der Waals surface area contributed by atoms with Gasteiger partial charge >= 0.3 is 6.18 Å². The largest absolute Gasteiger partial charge is 0.416 e. The van der Waals surface area contributed by atoms with Gasteiger partial charge in [0.25, 0.3) is 5.69 Å². The van der Waals surface area contributed by atoms with E-state index in [1.807, 2.05) is 0 Å². The number of primary amides is 1. The van der Waals surface area contributed by atoms with Crippen molar-refractivity contribution in [1.29, 1.82) is 0 Å². The van der Waals surface area contributed by atoms with E-state index < -0.39 is 34.2 Å². The van der Waals surface area contributed by atoms with Crippen LogP contribution < -0.4 is 5.73 Å². The first-order valence-electron chi connectivity index (χ1n) is 4.79. The zero-order chi connectivity index (χ0) is 14.1. The molecule has 0 spiro atoms. The Labute approximate surface area is 99.5 Å². The molecule has 0 saturated heterocycles. The second-order valence-corrected chi connectivity index (χ2v) is 3.65. The SMILES string of the molecule is CC(C(N)=O)c1ccc([N+](=O)[O-])cc1C(F)(F)F. The lowest BCUT2D eigenvalue weighted by molar-refractivity contribution is -0.385. The maximum atomic E-state index is 12.7. The van der Waals surface area contributed by atoms with E-state index >= 15 is 0 Å². The van der Waals surface area contributed by atoms with Gasteiger partial charge in [0.2, 0.25) is 5.91 Å². The standard InChI is InChI=1S/C10H9F3N2O3/c1-5(9(14)16)7-3-2-6(15(17)18)4-8(7)10(11,12)13/h2-5H,1H3,(H2,14,16). The van der Waals surface area contributed by atoms with E-state index in [9.17, 15) is 28.1 Å². The van der Waals surface area contributed by atoms with E-state index in [1.54, 1.807) is 0 Å². The van der Waals surface area contributed by atoms with Crippen LogP contribution >= 0.6 is 0 Å². The molecule has 0 radical (unpaired) electrons. The third kappa shape index (κ3) is 2.76. The molecule has 1 unspecified atom stereocenters. The molecule has 0 bridgehead atoms. The number of nitrogens with zero attached hydrogens (tertiary/aromatic N) is 1. The smallest absolute Gasteiger partial charge is 0.369 e. The molecule has 1 rings (SSSR count). The molecule has 98 valence electrons. The number of benzene rings is 1. The first kappa shape index (κ1) is 13.9. The number of hydrogen-bond acceptors (Lipinski definition) is 3. The van der Waals surface area contributed by atoms with Gasteiger partial charge in [0.15, 0.2) is 0 Å². The molecule has 0 fully saturated rings. The zero-order valence-electron chi connectivity index (χ0n) is 9.19. The van der Waals surface area contributed by atoms with Gasteiger partial charge in [-0.05, 0) is 12.5 Å². The van der Waals surface area contributed by atoms with Gasteiger partial charge < -0.3 is 5.73 Å². The summed E-state index contributed by atoms with van der Waals surface area (Å²) in [4.78, 5) is 20.4. The lowest BCUT2D eigenvalue weighted by Crippen LogP contribution is -2.22. The van der Waals surface area contributed by atoms with Gasteiger partial charge in [-0.1, -0.05) is 6.07 Å². The number of halogens is 3. The van der Waals surface area contributed by atoms with Gasteiger partial charge in [-0.15, -0.1) is 0 Å². The van der Waals surface area contributed by atoms with E-state index in [1.165, 1.54) is 6.92 Å². The number of rotatable bonds is 3. The molecule has 0 saturated carbocycles. The molecule has 1 amide bonds. The fourth-order valence-corrected chi connectivity index (χ4v) is 1.43. The first-order chi connectivity index (χ1) is 8.14. The number of amides is 1. The molecule has 5 nitrogen and oxygen atoms in total. The summed E-state index contributed by atoms with van der Waals surface area (Å²) >= 11 is 0. The topological polar surface area (TPSA) is 86.2 Å². The lowest BCUT2D eigenvalue weighted by Gasteiger charge is -2.15. The molecular weight excluding hydrogens is 253 g/mol. The van der Waals surface area contributed by atoms with Crippen LogP contribution in [0.2, 0.25) is 0 Å². The Bertz CT molecular complexity index is 500. The highest BCUT2D eigenvalue weighted by atomic mass is 19.4. The Hall–Kier alpha value is -2.12. The number of alkyl halides is 3. The number of nitrogens with two attached hydrogens (primary N) is 1. The van der Waals surface area contributed by atoms with E-state index in [-0.39, 0.29) is 5.56 Å². The van der Waals surface area contributed by atoms with Crippen LogP contribution in [0, 0.1) is 10.1 Å². The summed E-state index contributed by atoms with van der Waals surface area (Å²) < 4.78 is 38.2. The molecule has 8 heteroatoms. The molecule has 0 aromatic heterocycles. The average Bonchev–Trinajstić information content (AvgIpc) is 2.25. The zero-order valence-corrected chi connectivity index (χ0v) is 9.19. The summed E-state index contributed by atoms with van der Waals surface area (Å²) in [6.45, 7) is 1.21. The molecule has 2 N–H and O–H groups in total. The second-order valence-electron chi connectivity index (χ2n) is 3.65. The van der Waals surface area contributed by atoms with Crippen molar-refractivity contribution in [2.75, 3.05) is 0 Å². The van der Waals surface area contributed by atoms with Gasteiger partial charge in [0, 0.05) is 12.1 Å². The molecule has 0 aliphatic heterocycles. The maximum Gasteiger partial charge on any atom is 0.416 e. The molecule has 1 aromatic rings. The number of nitro benzene ring substituents is 1. The molecule has 1 aromatic carbocycles. The van der Waals surface area contributed by atoms with Gasteiger partial charge in [-0.25, -0.2) is 0 Å². The van der Waals surface area contributed by atoms with Crippen LogP contribution in [-0.2, 0) is 11.0 Å². The van der Waals surface area contributed by atoms with E-state index in [4.69, 9.17) is 5.73 Å². The van der Waals surface area contributed by atoms with Crippen LogP contribution in [0.4, 0.5) is 18.9 Å². The highest BCUT2D eigenvalue weighted by Crippen LogP contribution is 2.37. The second kappa shape index (κ2) is 4.63. The van der Waals surface area contributed by atoms with E-state index in [2.05, 4.69) is 0 Å². The summed E-state index contributed by atoms with van der Waals surface area (Å²) in [6, 6.07) is 2.20. The van der Waals surface area contributed by atoms with Crippen molar-refractivity contribution in [1.82, 2.24) is 0 Å². The normalized spacial score (nSPS) is 13.1. The van der Waals surface area contributed by atoms with Crippen molar-refractivity contribution in [3.63, 3.8) is 0 Å². The Balaban J connectivity index is 3.44. The Morgan fingerprint density at radius 3 is 2.39 bits per heavy atom. The van der Waals surface area contributed by atoms with Gasteiger partial charge in [-0.2, -0.15) is 13.2 Å². The van der Waals surface area contributed by atoms with Gasteiger partial charge in [0.05, 0.1) is 16.4 Å². The molecule has 18 heavy (non-hydrogen) atoms.